The molecule has 1 saturated carbocycles. The number of carbonyl (C=O) groups excluding carboxylic acids is 1. The first-order valence-electron chi connectivity index (χ1n) is 7.33. The molecule has 21 heavy (non-hydrogen) atoms. The van der Waals surface area contributed by atoms with Crippen LogP contribution in [0.3, 0.4) is 0 Å². The normalized spacial score (nSPS) is 45.7. The largest absolute Gasteiger partial charge is 0.393 e. The molecular formula is C15H22O6. The van der Waals surface area contributed by atoms with Crippen LogP contribution < -0.4 is 0 Å². The summed E-state index contributed by atoms with van der Waals surface area (Å²) in [5.41, 5.74) is -3.27. The minimum absolute atomic E-state index is 0.140. The molecule has 2 fully saturated rings. The van der Waals surface area contributed by atoms with Crippen molar-refractivity contribution in [1.29, 1.82) is 0 Å². The SMILES string of the molecule is C[C@H]1[C@H](O)CCC2=CC(=O)[C@]3(C(O)(CO)CO)O[C@@H]3[C@@]21C. The summed E-state index contributed by atoms with van der Waals surface area (Å²) < 4.78 is 5.63. The topological polar surface area (TPSA) is 111 Å². The van der Waals surface area contributed by atoms with Crippen LogP contribution in [0, 0.1) is 11.3 Å². The zero-order valence-corrected chi connectivity index (χ0v) is 12.2. The van der Waals surface area contributed by atoms with Crippen LogP contribution in [0.25, 0.3) is 0 Å². The molecule has 1 heterocycles. The number of aliphatic hydroxyl groups excluding tert-OH is 3. The second-order valence-corrected chi connectivity index (χ2v) is 6.79. The lowest BCUT2D eigenvalue weighted by Crippen LogP contribution is -2.61. The number of rotatable bonds is 3. The Kier molecular flexibility index (Phi) is 3.14. The summed E-state index contributed by atoms with van der Waals surface area (Å²) in [6.45, 7) is 2.29. The van der Waals surface area contributed by atoms with Crippen molar-refractivity contribution in [3.8, 4) is 0 Å². The van der Waals surface area contributed by atoms with E-state index in [0.29, 0.717) is 12.8 Å². The van der Waals surface area contributed by atoms with E-state index < -0.39 is 47.8 Å². The number of fused-ring (bicyclic) bond motifs is 3. The molecule has 0 unspecified atom stereocenters. The molecule has 0 spiro atoms. The lowest BCUT2D eigenvalue weighted by atomic mass is 9.55. The number of hydrogen-bond donors (Lipinski definition) is 4. The van der Waals surface area contributed by atoms with Crippen molar-refractivity contribution in [1.82, 2.24) is 0 Å². The highest BCUT2D eigenvalue weighted by Gasteiger charge is 2.80. The zero-order chi connectivity index (χ0) is 15.6. The molecule has 6 nitrogen and oxygen atoms in total. The Balaban J connectivity index is 2.09. The first-order valence-corrected chi connectivity index (χ1v) is 7.33. The van der Waals surface area contributed by atoms with Gasteiger partial charge in [0.25, 0.3) is 0 Å². The third-order valence-corrected chi connectivity index (χ3v) is 5.97. The van der Waals surface area contributed by atoms with Crippen molar-refractivity contribution in [2.75, 3.05) is 13.2 Å². The predicted molar refractivity (Wildman–Crippen MR) is 72.3 cm³/mol. The van der Waals surface area contributed by atoms with E-state index in [2.05, 4.69) is 0 Å². The molecule has 118 valence electrons. The van der Waals surface area contributed by atoms with Gasteiger partial charge in [0, 0.05) is 5.41 Å². The lowest BCUT2D eigenvalue weighted by molar-refractivity contribution is -0.144. The van der Waals surface area contributed by atoms with Crippen LogP contribution in [0.2, 0.25) is 0 Å². The fraction of sp³-hybridized carbons (Fsp3) is 0.800. The average molecular weight is 298 g/mol. The second kappa shape index (κ2) is 4.36. The second-order valence-electron chi connectivity index (χ2n) is 6.79. The molecule has 0 amide bonds. The smallest absolute Gasteiger partial charge is 0.193 e. The number of ketones is 1. The minimum Gasteiger partial charge on any atom is -0.393 e. The highest BCUT2D eigenvalue weighted by molar-refractivity contribution is 6.03. The molecule has 1 aliphatic heterocycles. The van der Waals surface area contributed by atoms with E-state index in [0.717, 1.165) is 5.57 Å². The van der Waals surface area contributed by atoms with Gasteiger partial charge >= 0.3 is 0 Å². The van der Waals surface area contributed by atoms with Gasteiger partial charge in [-0.2, -0.15) is 0 Å². The van der Waals surface area contributed by atoms with Crippen LogP contribution in [0.1, 0.15) is 26.7 Å². The predicted octanol–water partition coefficient (Wildman–Crippen LogP) is -0.854. The molecule has 3 aliphatic rings. The van der Waals surface area contributed by atoms with Crippen molar-refractivity contribution in [3.63, 3.8) is 0 Å². The maximum atomic E-state index is 12.5. The molecule has 1 saturated heterocycles. The molecule has 6 heteroatoms. The quantitative estimate of drug-likeness (QED) is 0.505. The van der Waals surface area contributed by atoms with Crippen molar-refractivity contribution in [3.05, 3.63) is 11.6 Å². The summed E-state index contributed by atoms with van der Waals surface area (Å²) in [6.07, 6.45) is 1.55. The third kappa shape index (κ3) is 1.57. The van der Waals surface area contributed by atoms with Crippen molar-refractivity contribution >= 4 is 5.78 Å². The Morgan fingerprint density at radius 2 is 2.05 bits per heavy atom. The van der Waals surface area contributed by atoms with Gasteiger partial charge < -0.3 is 25.2 Å². The summed E-state index contributed by atoms with van der Waals surface area (Å²) in [5, 5.41) is 39.5. The molecule has 2 aliphatic carbocycles. The fourth-order valence-corrected chi connectivity index (χ4v) is 4.17. The van der Waals surface area contributed by atoms with Crippen molar-refractivity contribution in [2.24, 2.45) is 11.3 Å². The maximum Gasteiger partial charge on any atom is 0.193 e. The molecule has 0 radical (unpaired) electrons. The molecule has 5 atom stereocenters. The number of aliphatic hydroxyl groups is 4. The van der Waals surface area contributed by atoms with Gasteiger partial charge in [0.1, 0.15) is 11.7 Å². The van der Waals surface area contributed by atoms with Crippen molar-refractivity contribution < 1.29 is 30.0 Å². The molecule has 0 bridgehead atoms. The first kappa shape index (κ1) is 15.1. The summed E-state index contributed by atoms with van der Waals surface area (Å²) in [4.78, 5) is 12.5. The van der Waals surface area contributed by atoms with E-state index in [-0.39, 0.29) is 5.92 Å². The number of carbonyl (C=O) groups is 1. The number of epoxide rings is 1. The van der Waals surface area contributed by atoms with Crippen LogP contribution in [0.5, 0.6) is 0 Å². The Morgan fingerprint density at radius 3 is 2.62 bits per heavy atom. The monoisotopic (exact) mass is 298 g/mol. The average Bonchev–Trinajstić information content (AvgIpc) is 3.24. The molecule has 3 rings (SSSR count). The Bertz CT molecular complexity index is 510. The van der Waals surface area contributed by atoms with Crippen LogP contribution in [0.4, 0.5) is 0 Å². The molecule has 0 aromatic rings. The molecular weight excluding hydrogens is 276 g/mol. The van der Waals surface area contributed by atoms with Gasteiger partial charge in [0.05, 0.1) is 19.3 Å². The standard InChI is InChI=1S/C15H22O6/c1-8-10(18)4-3-9-5-11(19)15(14(20,6-16)7-17)12(21-15)13(8,9)2/h5,8,10,12,16-18,20H,3-4,6-7H2,1-2H3/t8-,10+,12+,13+,15-/m0/s1. The minimum atomic E-state index is -2.01. The number of ether oxygens (including phenoxy) is 1. The number of hydrogen-bond acceptors (Lipinski definition) is 6. The molecule has 4 N–H and O–H groups in total. The summed E-state index contributed by atoms with van der Waals surface area (Å²) >= 11 is 0. The van der Waals surface area contributed by atoms with Gasteiger partial charge in [-0.05, 0) is 24.8 Å². The lowest BCUT2D eigenvalue weighted by Gasteiger charge is -2.47. The molecule has 0 aromatic heterocycles. The Labute approximate surface area is 123 Å². The highest BCUT2D eigenvalue weighted by atomic mass is 16.6. The Hall–Kier alpha value is -0.790. The van der Waals surface area contributed by atoms with Gasteiger partial charge in [-0.1, -0.05) is 19.4 Å². The van der Waals surface area contributed by atoms with E-state index in [1.165, 1.54) is 6.08 Å². The third-order valence-electron chi connectivity index (χ3n) is 5.97. The van der Waals surface area contributed by atoms with E-state index in [1.54, 1.807) is 0 Å². The van der Waals surface area contributed by atoms with Crippen LogP contribution in [-0.4, -0.2) is 62.8 Å². The zero-order valence-electron chi connectivity index (χ0n) is 12.2. The van der Waals surface area contributed by atoms with E-state index in [1.807, 2.05) is 13.8 Å². The summed E-state index contributed by atoms with van der Waals surface area (Å²) in [7, 11) is 0. The van der Waals surface area contributed by atoms with Gasteiger partial charge in [-0.15, -0.1) is 0 Å². The van der Waals surface area contributed by atoms with E-state index in [4.69, 9.17) is 4.74 Å². The van der Waals surface area contributed by atoms with Gasteiger partial charge in [-0.25, -0.2) is 0 Å². The van der Waals surface area contributed by atoms with Crippen molar-refractivity contribution in [2.45, 2.75) is 50.1 Å². The highest BCUT2D eigenvalue weighted by Crippen LogP contribution is 2.64. The van der Waals surface area contributed by atoms with Gasteiger partial charge in [-0.3, -0.25) is 4.79 Å². The van der Waals surface area contributed by atoms with E-state index in [9.17, 15) is 25.2 Å². The first-order chi connectivity index (χ1) is 9.77. The van der Waals surface area contributed by atoms with Crippen LogP contribution in [0.15, 0.2) is 11.6 Å². The maximum absolute atomic E-state index is 12.5. The molecule has 0 aromatic carbocycles. The van der Waals surface area contributed by atoms with Crippen LogP contribution in [-0.2, 0) is 9.53 Å². The Morgan fingerprint density at radius 1 is 1.43 bits per heavy atom. The van der Waals surface area contributed by atoms with E-state index >= 15 is 0 Å². The van der Waals surface area contributed by atoms with Crippen LogP contribution >= 0.6 is 0 Å². The summed E-state index contributed by atoms with van der Waals surface area (Å²) in [5.74, 6) is -0.548. The van der Waals surface area contributed by atoms with Gasteiger partial charge in [0.2, 0.25) is 0 Å². The summed E-state index contributed by atoms with van der Waals surface area (Å²) in [6, 6.07) is 0. The fourth-order valence-electron chi connectivity index (χ4n) is 4.17. The van der Waals surface area contributed by atoms with Gasteiger partial charge in [0.15, 0.2) is 11.4 Å².